The van der Waals surface area contributed by atoms with Gasteiger partial charge in [-0.05, 0) is 35.9 Å². The number of nitrogens with one attached hydrogen (secondary N) is 1. The van der Waals surface area contributed by atoms with E-state index in [0.29, 0.717) is 10.0 Å². The Kier molecular flexibility index (Phi) is 2.98. The number of rotatable bonds is 1. The maximum atomic E-state index is 6.15. The van der Waals surface area contributed by atoms with Crippen molar-refractivity contribution in [2.24, 2.45) is 0 Å². The van der Waals surface area contributed by atoms with Crippen molar-refractivity contribution in [3.8, 4) is 11.3 Å². The molecule has 0 radical (unpaired) electrons. The minimum absolute atomic E-state index is 0.541. The zero-order valence-corrected chi connectivity index (χ0v) is 11.4. The molecule has 0 atom stereocenters. The van der Waals surface area contributed by atoms with Crippen LogP contribution < -0.4 is 0 Å². The van der Waals surface area contributed by atoms with Crippen molar-refractivity contribution in [1.82, 2.24) is 4.98 Å². The number of halogens is 3. The molecule has 1 aromatic heterocycles. The highest BCUT2D eigenvalue weighted by molar-refractivity contribution is 6.42. The Morgan fingerprint density at radius 1 is 0.778 bits per heavy atom. The molecule has 1 heterocycles. The Hall–Kier alpha value is -1.15. The van der Waals surface area contributed by atoms with Crippen molar-refractivity contribution in [3.05, 3.63) is 57.5 Å². The minimum atomic E-state index is 0.541. The number of aromatic nitrogens is 1. The monoisotopic (exact) mass is 295 g/mol. The van der Waals surface area contributed by atoms with Crippen LogP contribution in [0.4, 0.5) is 0 Å². The van der Waals surface area contributed by atoms with E-state index in [1.165, 1.54) is 0 Å². The number of aromatic amines is 1. The van der Waals surface area contributed by atoms with Crippen molar-refractivity contribution >= 4 is 45.7 Å². The van der Waals surface area contributed by atoms with E-state index in [0.717, 1.165) is 27.2 Å². The Morgan fingerprint density at radius 2 is 1.61 bits per heavy atom. The van der Waals surface area contributed by atoms with Gasteiger partial charge in [-0.3, -0.25) is 0 Å². The highest BCUT2D eigenvalue weighted by Gasteiger charge is 2.07. The van der Waals surface area contributed by atoms with Gasteiger partial charge in [0.25, 0.3) is 0 Å². The van der Waals surface area contributed by atoms with Gasteiger partial charge >= 0.3 is 0 Å². The molecule has 0 bridgehead atoms. The maximum Gasteiger partial charge on any atom is 0.0599 e. The molecule has 0 fully saturated rings. The lowest BCUT2D eigenvalue weighted by Gasteiger charge is -2.00. The molecule has 4 heteroatoms. The largest absolute Gasteiger partial charge is 0.354 e. The molecule has 0 aliphatic rings. The molecule has 2 aromatic carbocycles. The second-order valence-electron chi connectivity index (χ2n) is 4.01. The molecular weight excluding hydrogens is 289 g/mol. The normalized spacial score (nSPS) is 11.1. The summed E-state index contributed by atoms with van der Waals surface area (Å²) >= 11 is 18.1. The molecule has 90 valence electrons. The summed E-state index contributed by atoms with van der Waals surface area (Å²) in [5.74, 6) is 0. The van der Waals surface area contributed by atoms with Gasteiger partial charge in [0.05, 0.1) is 10.0 Å². The van der Waals surface area contributed by atoms with Crippen molar-refractivity contribution in [2.45, 2.75) is 0 Å². The molecule has 0 saturated carbocycles. The number of hydrogen-bond acceptors (Lipinski definition) is 0. The van der Waals surface area contributed by atoms with Gasteiger partial charge < -0.3 is 4.98 Å². The highest BCUT2D eigenvalue weighted by Crippen LogP contribution is 2.32. The van der Waals surface area contributed by atoms with Crippen LogP contribution in [0.1, 0.15) is 0 Å². The van der Waals surface area contributed by atoms with Crippen LogP contribution >= 0.6 is 34.8 Å². The molecular formula is C14H8Cl3N. The van der Waals surface area contributed by atoms with Crippen molar-refractivity contribution in [3.63, 3.8) is 0 Å². The zero-order chi connectivity index (χ0) is 12.7. The lowest BCUT2D eigenvalue weighted by Crippen LogP contribution is -1.77. The summed E-state index contributed by atoms with van der Waals surface area (Å²) in [6.45, 7) is 0. The quantitative estimate of drug-likeness (QED) is 0.584. The molecule has 0 unspecified atom stereocenters. The first kappa shape index (κ1) is 11.9. The fraction of sp³-hybridized carbons (Fsp3) is 0. The smallest absolute Gasteiger partial charge is 0.0599 e. The van der Waals surface area contributed by atoms with Crippen LogP contribution in [-0.4, -0.2) is 4.98 Å². The molecule has 18 heavy (non-hydrogen) atoms. The second-order valence-corrected chi connectivity index (χ2v) is 5.23. The van der Waals surface area contributed by atoms with Crippen molar-refractivity contribution in [1.29, 1.82) is 0 Å². The van der Waals surface area contributed by atoms with E-state index in [4.69, 9.17) is 34.8 Å². The van der Waals surface area contributed by atoms with Crippen LogP contribution in [-0.2, 0) is 0 Å². The summed E-state index contributed by atoms with van der Waals surface area (Å²) in [5.41, 5.74) is 2.96. The lowest BCUT2D eigenvalue weighted by molar-refractivity contribution is 1.45. The number of H-pyrrole nitrogens is 1. The highest BCUT2D eigenvalue weighted by atomic mass is 35.5. The van der Waals surface area contributed by atoms with Gasteiger partial charge in [-0.25, -0.2) is 0 Å². The fourth-order valence-electron chi connectivity index (χ4n) is 1.94. The number of hydrogen-bond donors (Lipinski definition) is 1. The predicted molar refractivity (Wildman–Crippen MR) is 78.8 cm³/mol. The van der Waals surface area contributed by atoms with Gasteiger partial charge in [0.1, 0.15) is 0 Å². The van der Waals surface area contributed by atoms with Gasteiger partial charge in [-0.1, -0.05) is 46.9 Å². The second kappa shape index (κ2) is 4.51. The zero-order valence-electron chi connectivity index (χ0n) is 9.18. The van der Waals surface area contributed by atoms with E-state index in [-0.39, 0.29) is 0 Å². The summed E-state index contributed by atoms with van der Waals surface area (Å²) < 4.78 is 0. The van der Waals surface area contributed by atoms with Crippen LogP contribution in [0.2, 0.25) is 15.1 Å². The molecule has 1 nitrogen and oxygen atoms in total. The molecule has 0 saturated heterocycles. The third-order valence-electron chi connectivity index (χ3n) is 2.84. The van der Waals surface area contributed by atoms with Crippen LogP contribution in [0.3, 0.4) is 0 Å². The first-order valence-electron chi connectivity index (χ1n) is 5.38. The Labute approximate surface area is 119 Å². The van der Waals surface area contributed by atoms with E-state index >= 15 is 0 Å². The van der Waals surface area contributed by atoms with Gasteiger partial charge in [0.15, 0.2) is 0 Å². The average Bonchev–Trinajstić information content (AvgIpc) is 2.78. The first-order valence-corrected chi connectivity index (χ1v) is 6.51. The standard InChI is InChI=1S/C14H8Cl3N/c15-10-2-1-3-13-9(10)7-14(18-13)8-4-5-11(16)12(17)6-8/h1-7,18H. The summed E-state index contributed by atoms with van der Waals surface area (Å²) in [7, 11) is 0. The summed E-state index contributed by atoms with van der Waals surface area (Å²) in [4.78, 5) is 3.31. The van der Waals surface area contributed by atoms with Crippen LogP contribution in [0.25, 0.3) is 22.2 Å². The molecule has 1 N–H and O–H groups in total. The van der Waals surface area contributed by atoms with Crippen molar-refractivity contribution < 1.29 is 0 Å². The van der Waals surface area contributed by atoms with Crippen LogP contribution in [0, 0.1) is 0 Å². The van der Waals surface area contributed by atoms with Crippen LogP contribution in [0.15, 0.2) is 42.5 Å². The van der Waals surface area contributed by atoms with Crippen LogP contribution in [0.5, 0.6) is 0 Å². The topological polar surface area (TPSA) is 15.8 Å². The minimum Gasteiger partial charge on any atom is -0.354 e. The van der Waals surface area contributed by atoms with E-state index in [2.05, 4.69) is 4.98 Å². The summed E-state index contributed by atoms with van der Waals surface area (Å²) in [6.07, 6.45) is 0. The van der Waals surface area contributed by atoms with E-state index in [1.807, 2.05) is 36.4 Å². The maximum absolute atomic E-state index is 6.15. The Balaban J connectivity index is 2.19. The fourth-order valence-corrected chi connectivity index (χ4v) is 2.46. The van der Waals surface area contributed by atoms with Gasteiger partial charge in [-0.15, -0.1) is 0 Å². The summed E-state index contributed by atoms with van der Waals surface area (Å²) in [5, 5.41) is 2.82. The summed E-state index contributed by atoms with van der Waals surface area (Å²) in [6, 6.07) is 13.3. The predicted octanol–water partition coefficient (Wildman–Crippen LogP) is 5.80. The number of benzene rings is 2. The Bertz CT molecular complexity index is 731. The molecule has 0 aliphatic carbocycles. The van der Waals surface area contributed by atoms with Crippen molar-refractivity contribution in [2.75, 3.05) is 0 Å². The first-order chi connectivity index (χ1) is 8.65. The molecule has 3 rings (SSSR count). The van der Waals surface area contributed by atoms with Gasteiger partial charge in [0, 0.05) is 21.6 Å². The van der Waals surface area contributed by atoms with E-state index in [9.17, 15) is 0 Å². The third kappa shape index (κ3) is 1.99. The SMILES string of the molecule is Clc1ccc(-c2cc3c(Cl)cccc3[nH]2)cc1Cl. The molecule has 0 amide bonds. The van der Waals surface area contributed by atoms with E-state index in [1.54, 1.807) is 6.07 Å². The number of fused-ring (bicyclic) bond motifs is 1. The van der Waals surface area contributed by atoms with Gasteiger partial charge in [0.2, 0.25) is 0 Å². The lowest BCUT2D eigenvalue weighted by atomic mass is 10.1. The molecule has 3 aromatic rings. The van der Waals surface area contributed by atoms with Gasteiger partial charge in [-0.2, -0.15) is 0 Å². The third-order valence-corrected chi connectivity index (χ3v) is 3.91. The average molecular weight is 297 g/mol. The molecule has 0 aliphatic heterocycles. The van der Waals surface area contributed by atoms with E-state index < -0.39 is 0 Å². The Morgan fingerprint density at radius 3 is 2.33 bits per heavy atom. The molecule has 0 spiro atoms.